The molecule has 0 spiro atoms. The van der Waals surface area contributed by atoms with Gasteiger partial charge in [0.2, 0.25) is 0 Å². The molecule has 2 aliphatic rings. The van der Waals surface area contributed by atoms with E-state index in [0.717, 1.165) is 36.5 Å². The maximum atomic E-state index is 14.8. The first-order valence-electron chi connectivity index (χ1n) is 28.2. The highest BCUT2D eigenvalue weighted by Crippen LogP contribution is 2.52. The summed E-state index contributed by atoms with van der Waals surface area (Å²) in [5.74, 6) is -8.75. The van der Waals surface area contributed by atoms with Crippen LogP contribution in [0, 0.1) is 38.9 Å². The van der Waals surface area contributed by atoms with Crippen molar-refractivity contribution in [3.8, 4) is 0 Å². The number of alkyl carbamates (subject to hydrolysis) is 2. The summed E-state index contributed by atoms with van der Waals surface area (Å²) >= 11 is 0. The van der Waals surface area contributed by atoms with Crippen molar-refractivity contribution in [1.82, 2.24) is 10.6 Å². The molecule has 2 aliphatic carbocycles. The topological polar surface area (TPSA) is 306 Å². The summed E-state index contributed by atoms with van der Waals surface area (Å²) < 4.78 is 174. The molecule has 2 fully saturated rings. The van der Waals surface area contributed by atoms with Crippen LogP contribution in [-0.4, -0.2) is 163 Å². The minimum Gasteiger partial charge on any atom is -0.465 e. The summed E-state index contributed by atoms with van der Waals surface area (Å²) in [4.78, 5) is 124. The largest absolute Gasteiger partial charge is 0.465 e. The number of alkyl halides is 8. The molecule has 2 amide bonds. The van der Waals surface area contributed by atoms with Crippen molar-refractivity contribution in [3.05, 3.63) is 75.9 Å². The van der Waals surface area contributed by atoms with Crippen molar-refractivity contribution in [2.45, 2.75) is 129 Å². The molecule has 0 radical (unpaired) electrons. The van der Waals surface area contributed by atoms with E-state index in [2.05, 4.69) is 69.1 Å². The smallest absolute Gasteiger partial charge is 0.453 e. The molecule has 4 unspecified atom stereocenters. The Labute approximate surface area is 526 Å². The number of amides is 2. The zero-order valence-corrected chi connectivity index (χ0v) is 52.0. The summed E-state index contributed by atoms with van der Waals surface area (Å²) in [6.45, 7) is 19.7. The fourth-order valence-corrected chi connectivity index (χ4v) is 11.0. The third-order valence-electron chi connectivity index (χ3n) is 14.1. The van der Waals surface area contributed by atoms with E-state index in [1.54, 1.807) is 34.6 Å². The molecular formula is C60H80F8N2O22. The Bertz CT molecular complexity index is 2410. The lowest BCUT2D eigenvalue weighted by atomic mass is 9.59. The summed E-state index contributed by atoms with van der Waals surface area (Å²) in [5, 5.41) is 4.79. The van der Waals surface area contributed by atoms with Gasteiger partial charge >= 0.3 is 84.4 Å². The van der Waals surface area contributed by atoms with Gasteiger partial charge in [-0.3, -0.25) is 9.59 Å². The zero-order valence-electron chi connectivity index (χ0n) is 52.0. The summed E-state index contributed by atoms with van der Waals surface area (Å²) in [6, 6.07) is 0. The maximum absolute atomic E-state index is 14.8. The van der Waals surface area contributed by atoms with Crippen LogP contribution >= 0.6 is 0 Å². The van der Waals surface area contributed by atoms with Gasteiger partial charge in [0.25, 0.3) is 0 Å². The zero-order chi connectivity index (χ0) is 70.2. The summed E-state index contributed by atoms with van der Waals surface area (Å²) in [5.41, 5.74) is -7.03. The Morgan fingerprint density at radius 3 is 1.16 bits per heavy atom. The molecule has 92 heavy (non-hydrogen) atoms. The first kappa shape index (κ1) is 80.2. The third kappa shape index (κ3) is 28.7. The molecule has 2 rings (SSSR count). The quantitative estimate of drug-likeness (QED) is 0.0251. The second kappa shape index (κ2) is 34.1. The molecule has 0 aromatic heterocycles. The van der Waals surface area contributed by atoms with E-state index < -0.39 is 195 Å². The Morgan fingerprint density at radius 2 is 0.761 bits per heavy atom. The van der Waals surface area contributed by atoms with Gasteiger partial charge in [-0.1, -0.05) is 74.1 Å². The van der Waals surface area contributed by atoms with E-state index in [-0.39, 0.29) is 51.0 Å². The predicted octanol–water partition coefficient (Wildman–Crippen LogP) is 8.87. The summed E-state index contributed by atoms with van der Waals surface area (Å²) in [6.07, 6.45) is -21.6. The number of esters is 8. The van der Waals surface area contributed by atoms with Crippen LogP contribution in [0.1, 0.15) is 99.3 Å². The lowest BCUT2D eigenvalue weighted by molar-refractivity contribution is -0.515. The molecule has 0 aliphatic heterocycles. The molecule has 0 heterocycles. The molecule has 0 bridgehead atoms. The van der Waals surface area contributed by atoms with Crippen LogP contribution < -0.4 is 10.6 Å². The highest BCUT2D eigenvalue weighted by molar-refractivity contribution is 5.83. The molecule has 32 heteroatoms. The second-order valence-corrected chi connectivity index (χ2v) is 24.7. The number of carbonyl (C=O) groups is 10. The first-order chi connectivity index (χ1) is 42.4. The van der Waals surface area contributed by atoms with E-state index in [0.29, 0.717) is 12.8 Å². The van der Waals surface area contributed by atoms with Gasteiger partial charge in [-0.25, -0.2) is 47.8 Å². The second-order valence-electron chi connectivity index (χ2n) is 24.7. The highest BCUT2D eigenvalue weighted by Gasteiger charge is 2.68. The SMILES string of the molecule is C=CC(=O)OCC(COC(=O)C=C)(COC(=O)C=C)COC(=O)CCC1CC(C)(C)CC(C)(CC(=O)OCC(F)(F)OC(F)(F)C(F)(F)OC(F)(F)COC(=O)NC2(C)CC(CNC(=O)OCC(COC(=O)C=C)(COC(=O)C=C)COC(=O)C=C)CC(C)(C)C2)C1. The Hall–Kier alpha value is -7.90. The Morgan fingerprint density at radius 1 is 0.424 bits per heavy atom. The van der Waals surface area contributed by atoms with Crippen molar-refractivity contribution < 1.29 is 140 Å². The van der Waals surface area contributed by atoms with Crippen LogP contribution in [0.5, 0.6) is 0 Å². The molecular weight excluding hydrogens is 1250 g/mol. The van der Waals surface area contributed by atoms with Crippen LogP contribution in [0.25, 0.3) is 0 Å². The van der Waals surface area contributed by atoms with E-state index in [1.807, 2.05) is 0 Å². The number of ether oxygens (including phenoxy) is 12. The minimum absolute atomic E-state index is 0.0233. The van der Waals surface area contributed by atoms with Crippen LogP contribution in [-0.2, 0) is 95.2 Å². The van der Waals surface area contributed by atoms with Gasteiger partial charge < -0.3 is 58.0 Å². The van der Waals surface area contributed by atoms with Gasteiger partial charge in [-0.2, -0.15) is 35.1 Å². The molecule has 2 N–H and O–H groups in total. The van der Waals surface area contributed by atoms with Crippen LogP contribution in [0.4, 0.5) is 44.7 Å². The fourth-order valence-electron chi connectivity index (χ4n) is 11.0. The number of nitrogens with one attached hydrogen (secondary N) is 2. The summed E-state index contributed by atoms with van der Waals surface area (Å²) in [7, 11) is 0. The third-order valence-corrected chi connectivity index (χ3v) is 14.1. The average molecular weight is 1330 g/mol. The van der Waals surface area contributed by atoms with Gasteiger partial charge in [0.1, 0.15) is 63.7 Å². The number of hydrogen-bond donors (Lipinski definition) is 2. The monoisotopic (exact) mass is 1330 g/mol. The van der Waals surface area contributed by atoms with E-state index in [4.69, 9.17) is 37.9 Å². The van der Waals surface area contributed by atoms with Gasteiger partial charge in [-0.15, -0.1) is 0 Å². The lowest BCUT2D eigenvalue weighted by Crippen LogP contribution is -2.55. The Balaban J connectivity index is 2.05. The number of rotatable bonds is 39. The Kier molecular flexibility index (Phi) is 29.8. The molecule has 0 aromatic carbocycles. The van der Waals surface area contributed by atoms with Crippen LogP contribution in [0.2, 0.25) is 0 Å². The first-order valence-corrected chi connectivity index (χ1v) is 28.2. The maximum Gasteiger partial charge on any atom is 0.453 e. The van der Waals surface area contributed by atoms with Crippen molar-refractivity contribution >= 4 is 59.9 Å². The van der Waals surface area contributed by atoms with Crippen LogP contribution in [0.3, 0.4) is 0 Å². The van der Waals surface area contributed by atoms with Gasteiger partial charge in [0.05, 0.1) is 6.42 Å². The van der Waals surface area contributed by atoms with E-state index >= 15 is 0 Å². The van der Waals surface area contributed by atoms with Gasteiger partial charge in [-0.05, 0) is 80.0 Å². The molecule has 518 valence electrons. The van der Waals surface area contributed by atoms with Gasteiger partial charge in [0.15, 0.2) is 13.2 Å². The van der Waals surface area contributed by atoms with E-state index in [1.165, 1.54) is 6.92 Å². The normalized spacial score (nSPS) is 19.7. The predicted molar refractivity (Wildman–Crippen MR) is 302 cm³/mol. The van der Waals surface area contributed by atoms with Crippen molar-refractivity contribution in [2.75, 3.05) is 72.6 Å². The number of hydrogen-bond acceptors (Lipinski definition) is 22. The molecule has 24 nitrogen and oxygen atoms in total. The van der Waals surface area contributed by atoms with Crippen molar-refractivity contribution in [2.24, 2.45) is 38.9 Å². The lowest BCUT2D eigenvalue weighted by Gasteiger charge is -2.46. The fraction of sp³-hybridized carbons (Fsp3) is 0.633. The van der Waals surface area contributed by atoms with Gasteiger partial charge in [0, 0.05) is 55.0 Å². The molecule has 4 atom stereocenters. The van der Waals surface area contributed by atoms with Crippen LogP contribution in [0.15, 0.2) is 75.9 Å². The molecule has 2 saturated carbocycles. The highest BCUT2D eigenvalue weighted by atomic mass is 19.3. The van der Waals surface area contributed by atoms with E-state index in [9.17, 15) is 83.1 Å². The average Bonchev–Trinajstić information content (AvgIpc) is 0.813. The van der Waals surface area contributed by atoms with Crippen molar-refractivity contribution in [1.29, 1.82) is 0 Å². The van der Waals surface area contributed by atoms with Crippen molar-refractivity contribution in [3.63, 3.8) is 0 Å². The standard InChI is InChI=1S/C60H80F8N2O22/c1-13-41(71)81-29-55(30-82-42(72)14-2,31-83-43(73)15-3)35-87-47(77)20-19-39-21-51(7,8)27-53(11,23-39)25-48(78)88-37-57(61,62)91-59(65,66)60(67,68)92-58(63,64)38-90-50(80)70-54(12)24-40(22-52(9,10)28-54)26-69-49(79)89-36-56(32-84-44(74)16-4,33-85-45(75)17-5)34-86-46(76)18-6/h13-18,39-40H,1-6,19-38H2,7-12H3,(H,69,79)(H,70,80). The minimum atomic E-state index is -6.58. The number of halogens is 8. The molecule has 0 saturated heterocycles. The molecule has 0 aromatic rings. The number of carbonyl (C=O) groups excluding carboxylic acids is 10.